The van der Waals surface area contributed by atoms with E-state index in [1.54, 1.807) is 19.1 Å². The molecule has 9 heteroatoms. The van der Waals surface area contributed by atoms with Gasteiger partial charge in [-0.15, -0.1) is 0 Å². The monoisotopic (exact) mass is 447 g/mol. The third-order valence-electron chi connectivity index (χ3n) is 5.77. The van der Waals surface area contributed by atoms with E-state index in [0.29, 0.717) is 47.3 Å². The minimum absolute atomic E-state index is 0.0964. The van der Waals surface area contributed by atoms with Crippen molar-refractivity contribution in [2.75, 3.05) is 18.4 Å². The van der Waals surface area contributed by atoms with Gasteiger partial charge < -0.3 is 5.32 Å². The molecular formula is C21H25N3O4S2. The van der Waals surface area contributed by atoms with Crippen LogP contribution in [0.25, 0.3) is 0 Å². The number of thiazole rings is 1. The number of nitrogens with zero attached hydrogens (tertiary/aromatic N) is 2. The maximum Gasteiger partial charge on any atom is 0.243 e. The van der Waals surface area contributed by atoms with Crippen molar-refractivity contribution < 1.29 is 18.0 Å². The van der Waals surface area contributed by atoms with Gasteiger partial charge in [0.25, 0.3) is 0 Å². The van der Waals surface area contributed by atoms with Crippen LogP contribution in [0.4, 0.5) is 5.13 Å². The second kappa shape index (κ2) is 8.20. The van der Waals surface area contributed by atoms with Crippen molar-refractivity contribution in [1.29, 1.82) is 0 Å². The number of amides is 1. The van der Waals surface area contributed by atoms with Crippen LogP contribution in [0, 0.1) is 19.8 Å². The number of nitrogens with one attached hydrogen (secondary N) is 1. The lowest BCUT2D eigenvalue weighted by atomic mass is 9.97. The second-order valence-corrected chi connectivity index (χ2v) is 10.9. The van der Waals surface area contributed by atoms with Crippen molar-refractivity contribution in [3.63, 3.8) is 0 Å². The highest BCUT2D eigenvalue weighted by Gasteiger charge is 2.33. The largest absolute Gasteiger partial charge is 0.302 e. The molecular weight excluding hydrogens is 422 g/mol. The van der Waals surface area contributed by atoms with E-state index >= 15 is 0 Å². The van der Waals surface area contributed by atoms with Gasteiger partial charge in [0, 0.05) is 25.4 Å². The van der Waals surface area contributed by atoms with Gasteiger partial charge in [0.1, 0.15) is 0 Å². The van der Waals surface area contributed by atoms with E-state index < -0.39 is 10.0 Å². The van der Waals surface area contributed by atoms with Gasteiger partial charge in [0.2, 0.25) is 15.9 Å². The predicted molar refractivity (Wildman–Crippen MR) is 115 cm³/mol. The van der Waals surface area contributed by atoms with E-state index in [1.807, 2.05) is 13.0 Å². The fourth-order valence-electron chi connectivity index (χ4n) is 4.12. The Morgan fingerprint density at radius 1 is 1.20 bits per heavy atom. The average Bonchev–Trinajstić information content (AvgIpc) is 3.11. The highest BCUT2D eigenvalue weighted by atomic mass is 32.2. The van der Waals surface area contributed by atoms with Crippen LogP contribution in [0.15, 0.2) is 23.1 Å². The number of hydrogen-bond acceptors (Lipinski definition) is 6. The number of ketones is 1. The minimum atomic E-state index is -3.57. The molecule has 30 heavy (non-hydrogen) atoms. The molecule has 1 saturated heterocycles. The van der Waals surface area contributed by atoms with Crippen molar-refractivity contribution >= 4 is 38.2 Å². The average molecular weight is 448 g/mol. The standard InChI is InChI=1S/C21H25N3O4S2/c1-13-6-7-18(14(2)12-13)30(27,28)24-10-8-15(9-11-24)20(26)23-21-22-16-4-3-5-17(25)19(16)29-21/h6-7,12,15H,3-5,8-11H2,1-2H3,(H,22,23,26). The van der Waals surface area contributed by atoms with Crippen LogP contribution < -0.4 is 5.32 Å². The summed E-state index contributed by atoms with van der Waals surface area (Å²) in [4.78, 5) is 30.0. The van der Waals surface area contributed by atoms with Crippen LogP contribution in [-0.2, 0) is 21.2 Å². The molecule has 1 amide bonds. The third-order valence-corrected chi connectivity index (χ3v) is 8.88. The zero-order valence-electron chi connectivity index (χ0n) is 17.1. The first-order valence-electron chi connectivity index (χ1n) is 10.2. The van der Waals surface area contributed by atoms with Gasteiger partial charge in [-0.2, -0.15) is 4.31 Å². The van der Waals surface area contributed by atoms with Crippen molar-refractivity contribution in [3.8, 4) is 0 Å². The molecule has 0 spiro atoms. The highest BCUT2D eigenvalue weighted by molar-refractivity contribution is 7.89. The molecule has 0 unspecified atom stereocenters. The first-order valence-corrected chi connectivity index (χ1v) is 12.4. The Hall–Kier alpha value is -2.10. The van der Waals surface area contributed by atoms with Crippen LogP contribution >= 0.6 is 11.3 Å². The van der Waals surface area contributed by atoms with Crippen LogP contribution in [0.2, 0.25) is 0 Å². The normalized spacial score (nSPS) is 18.3. The number of piperidine rings is 1. The summed E-state index contributed by atoms with van der Waals surface area (Å²) in [7, 11) is -3.57. The molecule has 7 nitrogen and oxygen atoms in total. The van der Waals surface area contributed by atoms with E-state index in [2.05, 4.69) is 10.3 Å². The number of rotatable bonds is 4. The smallest absolute Gasteiger partial charge is 0.243 e. The van der Waals surface area contributed by atoms with Gasteiger partial charge in [-0.1, -0.05) is 29.0 Å². The minimum Gasteiger partial charge on any atom is -0.302 e. The summed E-state index contributed by atoms with van der Waals surface area (Å²) in [6.07, 6.45) is 3.02. The number of hydrogen-bond donors (Lipinski definition) is 1. The summed E-state index contributed by atoms with van der Waals surface area (Å²) in [6.45, 7) is 4.35. The molecule has 160 valence electrons. The van der Waals surface area contributed by atoms with Gasteiger partial charge in [0.05, 0.1) is 15.5 Å². The van der Waals surface area contributed by atoms with Gasteiger partial charge >= 0.3 is 0 Å². The first-order chi connectivity index (χ1) is 14.3. The number of carbonyl (C=O) groups is 2. The molecule has 2 heterocycles. The van der Waals surface area contributed by atoms with Crippen LogP contribution in [0.1, 0.15) is 52.2 Å². The summed E-state index contributed by atoms with van der Waals surface area (Å²) >= 11 is 1.24. The van der Waals surface area contributed by atoms with Crippen LogP contribution in [-0.4, -0.2) is 42.5 Å². The van der Waals surface area contributed by atoms with Gasteiger partial charge in [-0.05, 0) is 51.2 Å². The summed E-state index contributed by atoms with van der Waals surface area (Å²) in [5.41, 5.74) is 2.53. The Kier molecular flexibility index (Phi) is 5.78. The quantitative estimate of drug-likeness (QED) is 0.776. The Balaban J connectivity index is 1.39. The predicted octanol–water partition coefficient (Wildman–Crippen LogP) is 3.32. The maximum absolute atomic E-state index is 13.0. The number of anilines is 1. The molecule has 0 bridgehead atoms. The van der Waals surface area contributed by atoms with E-state index in [0.717, 1.165) is 29.7 Å². The summed E-state index contributed by atoms with van der Waals surface area (Å²) < 4.78 is 27.5. The Bertz CT molecular complexity index is 1100. The lowest BCUT2D eigenvalue weighted by Crippen LogP contribution is -2.41. The number of aromatic nitrogens is 1. The molecule has 1 aliphatic heterocycles. The van der Waals surface area contributed by atoms with Gasteiger partial charge in [-0.25, -0.2) is 13.4 Å². The molecule has 1 aromatic carbocycles. The molecule has 0 saturated carbocycles. The molecule has 2 aromatic rings. The van der Waals surface area contributed by atoms with Crippen molar-refractivity contribution in [2.45, 2.75) is 50.8 Å². The Labute approximate surface area is 180 Å². The Morgan fingerprint density at radius 3 is 2.60 bits per heavy atom. The number of Topliss-reactive ketones (excluding diaryl/α,β-unsaturated/α-hetero) is 1. The zero-order chi connectivity index (χ0) is 21.5. The fraction of sp³-hybridized carbons (Fsp3) is 0.476. The number of carbonyl (C=O) groups excluding carboxylic acids is 2. The van der Waals surface area contributed by atoms with Gasteiger partial charge in [-0.3, -0.25) is 9.59 Å². The van der Waals surface area contributed by atoms with E-state index in [1.165, 1.54) is 15.6 Å². The SMILES string of the molecule is Cc1ccc(S(=O)(=O)N2CCC(C(=O)Nc3nc4c(s3)C(=O)CCC4)CC2)c(C)c1. The lowest BCUT2D eigenvalue weighted by molar-refractivity contribution is -0.120. The molecule has 2 aliphatic rings. The molecule has 0 radical (unpaired) electrons. The maximum atomic E-state index is 13.0. The molecule has 1 aromatic heterocycles. The Morgan fingerprint density at radius 2 is 1.93 bits per heavy atom. The molecule has 1 aliphatic carbocycles. The number of aryl methyl sites for hydroxylation is 3. The zero-order valence-corrected chi connectivity index (χ0v) is 18.7. The molecule has 1 N–H and O–H groups in total. The lowest BCUT2D eigenvalue weighted by Gasteiger charge is -2.30. The highest BCUT2D eigenvalue weighted by Crippen LogP contribution is 2.31. The van der Waals surface area contributed by atoms with Crippen LogP contribution in [0.3, 0.4) is 0 Å². The summed E-state index contributed by atoms with van der Waals surface area (Å²) in [5.74, 6) is -0.330. The third kappa shape index (κ3) is 4.06. The van der Waals surface area contributed by atoms with E-state index in [4.69, 9.17) is 0 Å². The fourth-order valence-corrected chi connectivity index (χ4v) is 6.77. The van der Waals surface area contributed by atoms with Gasteiger partial charge in [0.15, 0.2) is 10.9 Å². The summed E-state index contributed by atoms with van der Waals surface area (Å²) in [5, 5.41) is 3.30. The number of benzene rings is 1. The van der Waals surface area contributed by atoms with E-state index in [-0.39, 0.29) is 17.6 Å². The topological polar surface area (TPSA) is 96.4 Å². The van der Waals surface area contributed by atoms with Crippen molar-refractivity contribution in [2.24, 2.45) is 5.92 Å². The molecule has 0 atom stereocenters. The summed E-state index contributed by atoms with van der Waals surface area (Å²) in [6, 6.07) is 5.33. The second-order valence-electron chi connectivity index (χ2n) is 8.01. The number of sulfonamides is 1. The molecule has 1 fully saturated rings. The first kappa shape index (κ1) is 21.1. The van der Waals surface area contributed by atoms with Crippen molar-refractivity contribution in [3.05, 3.63) is 39.9 Å². The molecule has 4 rings (SSSR count). The number of fused-ring (bicyclic) bond motifs is 1. The van der Waals surface area contributed by atoms with Crippen LogP contribution in [0.5, 0.6) is 0 Å². The van der Waals surface area contributed by atoms with Crippen molar-refractivity contribution in [1.82, 2.24) is 9.29 Å². The van der Waals surface area contributed by atoms with E-state index in [9.17, 15) is 18.0 Å².